The van der Waals surface area contributed by atoms with Crippen molar-refractivity contribution in [1.82, 2.24) is 15.2 Å². The average Bonchev–Trinajstić information content (AvgIpc) is 3.08. The van der Waals surface area contributed by atoms with E-state index in [0.29, 0.717) is 28.4 Å². The zero-order valence-corrected chi connectivity index (χ0v) is 15.2. The van der Waals surface area contributed by atoms with Crippen LogP contribution in [0.2, 0.25) is 5.02 Å². The van der Waals surface area contributed by atoms with Crippen LogP contribution >= 0.6 is 11.6 Å². The summed E-state index contributed by atoms with van der Waals surface area (Å²) in [5.41, 5.74) is 4.62. The number of methoxy groups -OCH3 is 1. The van der Waals surface area contributed by atoms with Crippen LogP contribution in [0.4, 0.5) is 0 Å². The third kappa shape index (κ3) is 4.86. The summed E-state index contributed by atoms with van der Waals surface area (Å²) in [6.45, 7) is 0.565. The maximum Gasteiger partial charge on any atom is 0.271 e. The Morgan fingerprint density at radius 2 is 2.11 bits per heavy atom. The maximum absolute atomic E-state index is 12.2. The van der Waals surface area contributed by atoms with Crippen LogP contribution in [0, 0.1) is 0 Å². The zero-order valence-electron chi connectivity index (χ0n) is 14.5. The van der Waals surface area contributed by atoms with Crippen LogP contribution in [0.5, 0.6) is 11.5 Å². The standard InChI is InChI=1S/C19H17ClN4O3/c1-27-18-8-14(4-7-17(18)25)9-21-23-19(26)15-5-2-13(3-6-15)11-24-12-16(20)10-22-24/h2-10,12,25H,11H2,1H3,(H,23,26)/b21-9+. The van der Waals surface area contributed by atoms with E-state index in [9.17, 15) is 9.90 Å². The van der Waals surface area contributed by atoms with E-state index in [2.05, 4.69) is 15.6 Å². The van der Waals surface area contributed by atoms with Crippen molar-refractivity contribution in [2.45, 2.75) is 6.54 Å². The zero-order chi connectivity index (χ0) is 19.2. The first-order valence-corrected chi connectivity index (χ1v) is 8.40. The summed E-state index contributed by atoms with van der Waals surface area (Å²) >= 11 is 5.84. The quantitative estimate of drug-likeness (QED) is 0.505. The number of halogens is 1. The molecule has 1 aromatic heterocycles. The van der Waals surface area contributed by atoms with Crippen molar-refractivity contribution in [3.05, 3.63) is 76.6 Å². The molecular weight excluding hydrogens is 368 g/mol. The Balaban J connectivity index is 1.59. The van der Waals surface area contributed by atoms with Crippen molar-refractivity contribution in [2.75, 3.05) is 7.11 Å². The molecule has 0 saturated heterocycles. The number of nitrogens with one attached hydrogen (secondary N) is 1. The second-order valence-corrected chi connectivity index (χ2v) is 6.12. The molecule has 0 spiro atoms. The van der Waals surface area contributed by atoms with Crippen LogP contribution in [-0.4, -0.2) is 34.1 Å². The summed E-state index contributed by atoms with van der Waals surface area (Å²) in [7, 11) is 1.46. The fraction of sp³-hybridized carbons (Fsp3) is 0.105. The minimum atomic E-state index is -0.328. The summed E-state index contributed by atoms with van der Waals surface area (Å²) in [4.78, 5) is 12.2. The number of benzene rings is 2. The van der Waals surface area contributed by atoms with E-state index in [4.69, 9.17) is 16.3 Å². The molecule has 3 rings (SSSR count). The van der Waals surface area contributed by atoms with Gasteiger partial charge in [-0.25, -0.2) is 5.43 Å². The van der Waals surface area contributed by atoms with Gasteiger partial charge in [0.2, 0.25) is 0 Å². The van der Waals surface area contributed by atoms with Crippen molar-refractivity contribution in [2.24, 2.45) is 5.10 Å². The van der Waals surface area contributed by atoms with E-state index in [1.165, 1.54) is 19.4 Å². The lowest BCUT2D eigenvalue weighted by molar-refractivity contribution is 0.0955. The maximum atomic E-state index is 12.2. The molecule has 2 aromatic carbocycles. The van der Waals surface area contributed by atoms with Gasteiger partial charge in [0.05, 0.1) is 31.1 Å². The van der Waals surface area contributed by atoms with E-state index in [1.807, 2.05) is 12.1 Å². The molecule has 7 nitrogen and oxygen atoms in total. The number of hydrogen-bond donors (Lipinski definition) is 2. The molecule has 138 valence electrons. The number of phenols is 1. The van der Waals surface area contributed by atoms with E-state index in [-0.39, 0.29) is 11.7 Å². The third-order valence-corrected chi connectivity index (χ3v) is 3.94. The summed E-state index contributed by atoms with van der Waals surface area (Å²) in [6, 6.07) is 11.9. The topological polar surface area (TPSA) is 88.7 Å². The van der Waals surface area contributed by atoms with Crippen LogP contribution in [0.3, 0.4) is 0 Å². The van der Waals surface area contributed by atoms with Crippen LogP contribution < -0.4 is 10.2 Å². The molecule has 0 bridgehead atoms. The van der Waals surface area contributed by atoms with Crippen LogP contribution in [0.25, 0.3) is 0 Å². The molecule has 0 saturated carbocycles. The Morgan fingerprint density at radius 3 is 2.78 bits per heavy atom. The molecule has 0 atom stereocenters. The summed E-state index contributed by atoms with van der Waals surface area (Å²) in [5.74, 6) is 0.0428. The van der Waals surface area contributed by atoms with Gasteiger partial charge in [0.15, 0.2) is 11.5 Å². The number of nitrogens with zero attached hydrogens (tertiary/aromatic N) is 3. The van der Waals surface area contributed by atoms with Gasteiger partial charge in [-0.3, -0.25) is 9.48 Å². The summed E-state index contributed by atoms with van der Waals surface area (Å²) in [6.07, 6.45) is 4.77. The monoisotopic (exact) mass is 384 g/mol. The highest BCUT2D eigenvalue weighted by molar-refractivity contribution is 6.30. The fourth-order valence-electron chi connectivity index (χ4n) is 2.38. The predicted octanol–water partition coefficient (Wildman–Crippen LogP) is 3.06. The molecule has 1 amide bonds. The Kier molecular flexibility index (Phi) is 5.73. The minimum absolute atomic E-state index is 0.0381. The second kappa shape index (κ2) is 8.37. The van der Waals surface area contributed by atoms with Crippen molar-refractivity contribution in [3.63, 3.8) is 0 Å². The van der Waals surface area contributed by atoms with Gasteiger partial charge in [-0.2, -0.15) is 10.2 Å². The van der Waals surface area contributed by atoms with E-state index < -0.39 is 0 Å². The van der Waals surface area contributed by atoms with Crippen molar-refractivity contribution < 1.29 is 14.6 Å². The molecule has 27 heavy (non-hydrogen) atoms. The molecule has 0 aliphatic rings. The number of aromatic hydroxyl groups is 1. The highest BCUT2D eigenvalue weighted by atomic mass is 35.5. The van der Waals surface area contributed by atoms with Crippen molar-refractivity contribution in [1.29, 1.82) is 0 Å². The number of hydrogen-bond acceptors (Lipinski definition) is 5. The smallest absolute Gasteiger partial charge is 0.271 e. The predicted molar refractivity (Wildman–Crippen MR) is 102 cm³/mol. The van der Waals surface area contributed by atoms with Gasteiger partial charge >= 0.3 is 0 Å². The van der Waals surface area contributed by atoms with Crippen LogP contribution in [0.1, 0.15) is 21.5 Å². The molecule has 0 radical (unpaired) electrons. The first kappa shape index (κ1) is 18.5. The molecule has 2 N–H and O–H groups in total. The fourth-order valence-corrected chi connectivity index (χ4v) is 2.53. The molecule has 8 heteroatoms. The molecule has 3 aromatic rings. The largest absolute Gasteiger partial charge is 0.504 e. The number of phenolic OH excluding ortho intramolecular Hbond substituents is 1. The SMILES string of the molecule is COc1cc(/C=N/NC(=O)c2ccc(Cn3cc(Cl)cn3)cc2)ccc1O. The van der Waals surface area contributed by atoms with Crippen molar-refractivity contribution >= 4 is 23.7 Å². The van der Waals surface area contributed by atoms with E-state index in [0.717, 1.165) is 5.56 Å². The summed E-state index contributed by atoms with van der Waals surface area (Å²) in [5, 5.41) is 18.2. The van der Waals surface area contributed by atoms with E-state index in [1.54, 1.807) is 41.3 Å². The van der Waals surface area contributed by atoms with Gasteiger partial charge < -0.3 is 9.84 Å². The Labute approximate surface area is 160 Å². The van der Waals surface area contributed by atoms with Gasteiger partial charge in [0.1, 0.15) is 0 Å². The number of rotatable bonds is 6. The van der Waals surface area contributed by atoms with Gasteiger partial charge in [-0.05, 0) is 41.5 Å². The molecule has 0 aliphatic carbocycles. The number of ether oxygens (including phenoxy) is 1. The normalized spacial score (nSPS) is 10.9. The average molecular weight is 385 g/mol. The number of hydrazone groups is 1. The summed E-state index contributed by atoms with van der Waals surface area (Å²) < 4.78 is 6.74. The number of carbonyl (C=O) groups is 1. The highest BCUT2D eigenvalue weighted by Crippen LogP contribution is 2.25. The lowest BCUT2D eigenvalue weighted by atomic mass is 10.1. The van der Waals surface area contributed by atoms with Crippen molar-refractivity contribution in [3.8, 4) is 11.5 Å². The Hall–Kier alpha value is -3.32. The molecular formula is C19H17ClN4O3. The van der Waals surface area contributed by atoms with Crippen LogP contribution in [-0.2, 0) is 6.54 Å². The first-order chi connectivity index (χ1) is 13.0. The first-order valence-electron chi connectivity index (χ1n) is 8.02. The third-order valence-electron chi connectivity index (χ3n) is 3.75. The number of amides is 1. The number of carbonyl (C=O) groups excluding carboxylic acids is 1. The van der Waals surface area contributed by atoms with E-state index >= 15 is 0 Å². The number of aromatic nitrogens is 2. The molecule has 0 fully saturated rings. The second-order valence-electron chi connectivity index (χ2n) is 5.68. The van der Waals surface area contributed by atoms with Gasteiger partial charge in [0, 0.05) is 11.8 Å². The Morgan fingerprint density at radius 1 is 1.33 bits per heavy atom. The lowest BCUT2D eigenvalue weighted by Gasteiger charge is -2.05. The highest BCUT2D eigenvalue weighted by Gasteiger charge is 2.05. The van der Waals surface area contributed by atoms with Gasteiger partial charge in [-0.1, -0.05) is 23.7 Å². The van der Waals surface area contributed by atoms with Crippen LogP contribution in [0.15, 0.2) is 60.0 Å². The van der Waals surface area contributed by atoms with Gasteiger partial charge in [-0.15, -0.1) is 0 Å². The van der Waals surface area contributed by atoms with Gasteiger partial charge in [0.25, 0.3) is 5.91 Å². The molecule has 0 unspecified atom stereocenters. The minimum Gasteiger partial charge on any atom is -0.504 e. The lowest BCUT2D eigenvalue weighted by Crippen LogP contribution is -2.17. The molecule has 1 heterocycles. The molecule has 0 aliphatic heterocycles. The Bertz CT molecular complexity index is 967.